The number of nitrogens with two attached hydrogens (primary N) is 1. The number of nitrogen functional groups attached to an aromatic ring is 1. The standard InChI is InChI=1S/C11H12FN3O/c1-16-6-7-2-3-9(12)8(4-7)10-5-11(13)15-14-10/h2-5H,6H2,1H3,(H3,13,14,15). The van der Waals surface area contributed by atoms with E-state index < -0.39 is 0 Å². The zero-order valence-corrected chi connectivity index (χ0v) is 8.83. The van der Waals surface area contributed by atoms with Crippen LogP contribution in [0, 0.1) is 5.82 Å². The first-order valence-corrected chi connectivity index (χ1v) is 4.79. The van der Waals surface area contributed by atoms with Crippen molar-refractivity contribution >= 4 is 5.82 Å². The molecule has 0 aliphatic rings. The van der Waals surface area contributed by atoms with E-state index in [9.17, 15) is 4.39 Å². The number of benzene rings is 1. The summed E-state index contributed by atoms with van der Waals surface area (Å²) in [5.74, 6) is 0.0232. The molecule has 0 radical (unpaired) electrons. The van der Waals surface area contributed by atoms with Gasteiger partial charge in [0, 0.05) is 18.7 Å². The molecular weight excluding hydrogens is 209 g/mol. The Hall–Kier alpha value is -1.88. The number of anilines is 1. The molecule has 0 fully saturated rings. The lowest BCUT2D eigenvalue weighted by Gasteiger charge is -2.04. The number of nitrogens with one attached hydrogen (secondary N) is 1. The Labute approximate surface area is 92.2 Å². The molecule has 1 aromatic heterocycles. The number of hydrogen-bond donors (Lipinski definition) is 2. The molecule has 0 saturated carbocycles. The van der Waals surface area contributed by atoms with Crippen LogP contribution in [-0.4, -0.2) is 17.3 Å². The quantitative estimate of drug-likeness (QED) is 0.832. The van der Waals surface area contributed by atoms with Crippen LogP contribution in [0.1, 0.15) is 5.56 Å². The lowest BCUT2D eigenvalue weighted by Crippen LogP contribution is -1.91. The fourth-order valence-corrected chi connectivity index (χ4v) is 1.51. The van der Waals surface area contributed by atoms with Gasteiger partial charge >= 0.3 is 0 Å². The molecule has 5 heteroatoms. The summed E-state index contributed by atoms with van der Waals surface area (Å²) in [5.41, 5.74) is 7.37. The summed E-state index contributed by atoms with van der Waals surface area (Å²) >= 11 is 0. The SMILES string of the molecule is COCc1ccc(F)c(-c2cc(N)n[nH]2)c1. The van der Waals surface area contributed by atoms with Crippen LogP contribution >= 0.6 is 0 Å². The van der Waals surface area contributed by atoms with Crippen molar-refractivity contribution in [3.8, 4) is 11.3 Å². The van der Waals surface area contributed by atoms with Crippen molar-refractivity contribution < 1.29 is 9.13 Å². The van der Waals surface area contributed by atoms with Gasteiger partial charge < -0.3 is 10.5 Å². The summed E-state index contributed by atoms with van der Waals surface area (Å²) in [6, 6.07) is 6.39. The maximum absolute atomic E-state index is 13.6. The second kappa shape index (κ2) is 4.32. The number of ether oxygens (including phenoxy) is 1. The number of methoxy groups -OCH3 is 1. The average Bonchev–Trinajstić information content (AvgIpc) is 2.68. The van der Waals surface area contributed by atoms with Crippen LogP contribution < -0.4 is 5.73 Å². The van der Waals surface area contributed by atoms with Crippen LogP contribution in [0.5, 0.6) is 0 Å². The van der Waals surface area contributed by atoms with Crippen molar-refractivity contribution in [1.82, 2.24) is 10.2 Å². The van der Waals surface area contributed by atoms with Gasteiger partial charge in [-0.25, -0.2) is 4.39 Å². The summed E-state index contributed by atoms with van der Waals surface area (Å²) in [7, 11) is 1.59. The Morgan fingerprint density at radius 2 is 2.25 bits per heavy atom. The Morgan fingerprint density at radius 3 is 2.88 bits per heavy atom. The van der Waals surface area contributed by atoms with Crippen LogP contribution in [0.3, 0.4) is 0 Å². The number of rotatable bonds is 3. The molecular formula is C11H12FN3O. The normalized spacial score (nSPS) is 10.6. The van der Waals surface area contributed by atoms with E-state index in [-0.39, 0.29) is 5.82 Å². The van der Waals surface area contributed by atoms with Gasteiger partial charge in [-0.05, 0) is 17.7 Å². The lowest BCUT2D eigenvalue weighted by molar-refractivity contribution is 0.185. The van der Waals surface area contributed by atoms with Crippen molar-refractivity contribution in [2.45, 2.75) is 6.61 Å². The van der Waals surface area contributed by atoms with Crippen molar-refractivity contribution in [2.24, 2.45) is 0 Å². The Morgan fingerprint density at radius 1 is 1.44 bits per heavy atom. The van der Waals surface area contributed by atoms with Gasteiger partial charge in [-0.15, -0.1) is 0 Å². The number of H-pyrrole nitrogens is 1. The average molecular weight is 221 g/mol. The summed E-state index contributed by atoms with van der Waals surface area (Å²) in [4.78, 5) is 0. The lowest BCUT2D eigenvalue weighted by atomic mass is 10.1. The van der Waals surface area contributed by atoms with Gasteiger partial charge in [0.25, 0.3) is 0 Å². The Balaban J connectivity index is 2.42. The minimum atomic E-state index is -0.316. The highest BCUT2D eigenvalue weighted by Crippen LogP contribution is 2.23. The first-order chi connectivity index (χ1) is 7.70. The molecule has 0 aliphatic heterocycles. The molecule has 0 bridgehead atoms. The summed E-state index contributed by atoms with van der Waals surface area (Å²) in [6.45, 7) is 0.441. The molecule has 16 heavy (non-hydrogen) atoms. The third-order valence-corrected chi connectivity index (χ3v) is 2.23. The zero-order valence-electron chi connectivity index (χ0n) is 8.83. The highest BCUT2D eigenvalue weighted by molar-refractivity contribution is 5.63. The third kappa shape index (κ3) is 2.04. The van der Waals surface area contributed by atoms with E-state index in [1.54, 1.807) is 25.3 Å². The molecule has 0 atom stereocenters. The number of aromatic amines is 1. The van der Waals surface area contributed by atoms with Crippen molar-refractivity contribution in [1.29, 1.82) is 0 Å². The van der Waals surface area contributed by atoms with Gasteiger partial charge in [0.2, 0.25) is 0 Å². The molecule has 0 amide bonds. The monoisotopic (exact) mass is 221 g/mol. The predicted molar refractivity (Wildman–Crippen MR) is 59.1 cm³/mol. The second-order valence-electron chi connectivity index (χ2n) is 3.45. The largest absolute Gasteiger partial charge is 0.382 e. The molecule has 1 aromatic carbocycles. The highest BCUT2D eigenvalue weighted by Gasteiger charge is 2.08. The van der Waals surface area contributed by atoms with Crippen LogP contribution in [-0.2, 0) is 11.3 Å². The van der Waals surface area contributed by atoms with E-state index in [0.717, 1.165) is 5.56 Å². The van der Waals surface area contributed by atoms with E-state index in [1.165, 1.54) is 6.07 Å². The van der Waals surface area contributed by atoms with Gasteiger partial charge in [-0.1, -0.05) is 6.07 Å². The second-order valence-corrected chi connectivity index (χ2v) is 3.45. The molecule has 2 rings (SSSR count). The number of hydrogen-bond acceptors (Lipinski definition) is 3. The first-order valence-electron chi connectivity index (χ1n) is 4.79. The molecule has 3 N–H and O–H groups in total. The summed E-state index contributed by atoms with van der Waals surface area (Å²) in [5, 5.41) is 6.44. The van der Waals surface area contributed by atoms with Crippen LogP contribution in [0.2, 0.25) is 0 Å². The maximum atomic E-state index is 13.6. The van der Waals surface area contributed by atoms with Crippen LogP contribution in [0.15, 0.2) is 24.3 Å². The minimum Gasteiger partial charge on any atom is -0.382 e. The minimum absolute atomic E-state index is 0.316. The van der Waals surface area contributed by atoms with Crippen molar-refractivity contribution in [3.05, 3.63) is 35.6 Å². The topological polar surface area (TPSA) is 63.9 Å². The third-order valence-electron chi connectivity index (χ3n) is 2.23. The number of nitrogens with zero attached hydrogens (tertiary/aromatic N) is 1. The predicted octanol–water partition coefficient (Wildman–Crippen LogP) is 1.94. The number of aromatic nitrogens is 2. The van der Waals surface area contributed by atoms with Crippen molar-refractivity contribution in [3.63, 3.8) is 0 Å². The Bertz CT molecular complexity index is 496. The maximum Gasteiger partial charge on any atom is 0.145 e. The van der Waals surface area contributed by atoms with Gasteiger partial charge in [-0.2, -0.15) is 5.10 Å². The molecule has 84 valence electrons. The van der Waals surface area contributed by atoms with Gasteiger partial charge in [0.15, 0.2) is 0 Å². The molecule has 0 aliphatic carbocycles. The highest BCUT2D eigenvalue weighted by atomic mass is 19.1. The fourth-order valence-electron chi connectivity index (χ4n) is 1.51. The zero-order chi connectivity index (χ0) is 11.5. The van der Waals surface area contributed by atoms with Crippen LogP contribution in [0.25, 0.3) is 11.3 Å². The smallest absolute Gasteiger partial charge is 0.145 e. The van der Waals surface area contributed by atoms with Crippen molar-refractivity contribution in [2.75, 3.05) is 12.8 Å². The molecule has 4 nitrogen and oxygen atoms in total. The van der Waals surface area contributed by atoms with E-state index in [1.807, 2.05) is 0 Å². The van der Waals surface area contributed by atoms with E-state index in [0.29, 0.717) is 23.7 Å². The summed E-state index contributed by atoms with van der Waals surface area (Å²) < 4.78 is 18.6. The molecule has 0 unspecified atom stereocenters. The Kier molecular flexibility index (Phi) is 2.87. The first kappa shape index (κ1) is 10.6. The van der Waals surface area contributed by atoms with Gasteiger partial charge in [-0.3, -0.25) is 5.10 Å². The summed E-state index contributed by atoms with van der Waals surface area (Å²) in [6.07, 6.45) is 0. The van der Waals surface area contributed by atoms with Crippen LogP contribution in [0.4, 0.5) is 10.2 Å². The molecule has 0 spiro atoms. The van der Waals surface area contributed by atoms with E-state index in [2.05, 4.69) is 10.2 Å². The van der Waals surface area contributed by atoms with Gasteiger partial charge in [0.05, 0.1) is 12.3 Å². The number of halogens is 1. The van der Waals surface area contributed by atoms with E-state index >= 15 is 0 Å². The fraction of sp³-hybridized carbons (Fsp3) is 0.182. The van der Waals surface area contributed by atoms with Gasteiger partial charge in [0.1, 0.15) is 11.6 Å². The molecule has 0 saturated heterocycles. The molecule has 1 heterocycles. The van der Waals surface area contributed by atoms with E-state index in [4.69, 9.17) is 10.5 Å². The molecule has 2 aromatic rings.